The Kier molecular flexibility index (Phi) is 7.00. The summed E-state index contributed by atoms with van der Waals surface area (Å²) in [4.78, 5) is 27.6. The Morgan fingerprint density at radius 1 is 1.18 bits per heavy atom. The van der Waals surface area contributed by atoms with Crippen LogP contribution < -0.4 is 9.64 Å². The molecular formula is C25H24ClN3O4S. The molecule has 1 aromatic heterocycles. The van der Waals surface area contributed by atoms with Gasteiger partial charge in [-0.2, -0.15) is 0 Å². The number of carbonyl (C=O) groups is 2. The topological polar surface area (TPSA) is 92.6 Å². The van der Waals surface area contributed by atoms with Gasteiger partial charge in [-0.25, -0.2) is 0 Å². The zero-order chi connectivity index (χ0) is 24.4. The molecule has 1 saturated heterocycles. The maximum Gasteiger partial charge on any atom is 0.301 e. The second-order valence-electron chi connectivity index (χ2n) is 8.38. The van der Waals surface area contributed by atoms with E-state index in [4.69, 9.17) is 16.3 Å². The van der Waals surface area contributed by atoms with Gasteiger partial charge in [0.2, 0.25) is 5.13 Å². The number of benzene rings is 2. The maximum atomic E-state index is 13.2. The van der Waals surface area contributed by atoms with Gasteiger partial charge in [0, 0.05) is 10.6 Å². The highest BCUT2D eigenvalue weighted by molar-refractivity contribution is 7.15. The van der Waals surface area contributed by atoms with E-state index in [1.807, 2.05) is 6.07 Å². The zero-order valence-corrected chi connectivity index (χ0v) is 20.6. The zero-order valence-electron chi connectivity index (χ0n) is 19.0. The normalized spacial score (nSPS) is 17.6. The van der Waals surface area contributed by atoms with Crippen LogP contribution in [-0.4, -0.2) is 33.6 Å². The third kappa shape index (κ3) is 4.83. The molecule has 1 aliphatic heterocycles. The van der Waals surface area contributed by atoms with Crippen LogP contribution in [0.15, 0.2) is 54.1 Å². The molecule has 9 heteroatoms. The number of ether oxygens (including phenoxy) is 1. The molecule has 7 nitrogen and oxygen atoms in total. The average molecular weight is 498 g/mol. The Morgan fingerprint density at radius 2 is 1.91 bits per heavy atom. The van der Waals surface area contributed by atoms with Crippen LogP contribution in [0.25, 0.3) is 5.76 Å². The fourth-order valence-corrected chi connectivity index (χ4v) is 4.52. The number of aromatic nitrogens is 2. The lowest BCUT2D eigenvalue weighted by molar-refractivity contribution is -0.132. The number of hydrogen-bond donors (Lipinski definition) is 1. The van der Waals surface area contributed by atoms with Crippen LogP contribution in [0.4, 0.5) is 5.13 Å². The third-order valence-corrected chi connectivity index (χ3v) is 6.51. The van der Waals surface area contributed by atoms with E-state index in [-0.39, 0.29) is 16.5 Å². The minimum atomic E-state index is -0.892. The number of aryl methyl sites for hydroxylation is 1. The van der Waals surface area contributed by atoms with E-state index in [0.717, 1.165) is 6.42 Å². The number of ketones is 1. The molecular weight excluding hydrogens is 474 g/mol. The predicted octanol–water partition coefficient (Wildman–Crippen LogP) is 5.55. The van der Waals surface area contributed by atoms with Crippen molar-refractivity contribution in [2.24, 2.45) is 5.92 Å². The lowest BCUT2D eigenvalue weighted by Gasteiger charge is -2.23. The van der Waals surface area contributed by atoms with Crippen LogP contribution in [0, 0.1) is 12.8 Å². The van der Waals surface area contributed by atoms with Crippen molar-refractivity contribution in [1.29, 1.82) is 0 Å². The fourth-order valence-electron chi connectivity index (χ4n) is 3.68. The first-order valence-electron chi connectivity index (χ1n) is 10.9. The van der Waals surface area contributed by atoms with Gasteiger partial charge in [-0.05, 0) is 61.2 Å². The average Bonchev–Trinajstić information content (AvgIpc) is 3.34. The quantitative estimate of drug-likeness (QED) is 0.261. The highest BCUT2D eigenvalue weighted by atomic mass is 35.5. The van der Waals surface area contributed by atoms with Crippen LogP contribution in [0.5, 0.6) is 5.75 Å². The van der Waals surface area contributed by atoms with Gasteiger partial charge in [0.15, 0.2) is 0 Å². The molecule has 1 fully saturated rings. The van der Waals surface area contributed by atoms with Gasteiger partial charge >= 0.3 is 5.91 Å². The number of aliphatic hydroxyl groups is 1. The smallest absolute Gasteiger partial charge is 0.301 e. The standard InChI is InChI=1S/C25H24ClN3O4S/c1-14(2)11-12-33-19-6-4-5-17(13-19)21-20(22(30)16-7-9-18(26)10-8-16)23(31)24(32)29(21)25-28-27-15(3)34-25/h4-10,13-14,21,30H,11-12H2,1-3H3/b22-20+. The summed E-state index contributed by atoms with van der Waals surface area (Å²) in [6.07, 6.45) is 0.892. The summed E-state index contributed by atoms with van der Waals surface area (Å²) in [5.74, 6) is -0.743. The Morgan fingerprint density at radius 3 is 2.56 bits per heavy atom. The molecule has 0 bridgehead atoms. The van der Waals surface area contributed by atoms with Gasteiger partial charge in [-0.3, -0.25) is 14.5 Å². The van der Waals surface area contributed by atoms with Crippen LogP contribution >= 0.6 is 22.9 Å². The number of Topliss-reactive ketones (excluding diaryl/α,β-unsaturated/α-hetero) is 1. The van der Waals surface area contributed by atoms with E-state index in [0.29, 0.717) is 39.4 Å². The molecule has 176 valence electrons. The summed E-state index contributed by atoms with van der Waals surface area (Å²) in [6, 6.07) is 12.7. The Bertz CT molecular complexity index is 1250. The van der Waals surface area contributed by atoms with Gasteiger partial charge in [-0.1, -0.05) is 48.9 Å². The fraction of sp³-hybridized carbons (Fsp3) is 0.280. The summed E-state index contributed by atoms with van der Waals surface area (Å²) < 4.78 is 5.90. The molecule has 0 spiro atoms. The highest BCUT2D eigenvalue weighted by Gasteiger charge is 2.48. The lowest BCUT2D eigenvalue weighted by atomic mass is 9.95. The maximum absolute atomic E-state index is 13.2. The molecule has 1 aliphatic rings. The van der Waals surface area contributed by atoms with Crippen molar-refractivity contribution in [3.63, 3.8) is 0 Å². The molecule has 0 radical (unpaired) electrons. The number of hydrogen-bond acceptors (Lipinski definition) is 7. The number of rotatable bonds is 7. The third-order valence-electron chi connectivity index (χ3n) is 5.42. The number of anilines is 1. The van der Waals surface area contributed by atoms with Crippen LogP contribution in [-0.2, 0) is 9.59 Å². The van der Waals surface area contributed by atoms with Crippen molar-refractivity contribution in [2.75, 3.05) is 11.5 Å². The summed E-state index contributed by atoms with van der Waals surface area (Å²) in [5, 5.41) is 20.7. The summed E-state index contributed by atoms with van der Waals surface area (Å²) in [5.41, 5.74) is 0.967. The molecule has 2 heterocycles. The van der Waals surface area contributed by atoms with Crippen molar-refractivity contribution < 1.29 is 19.4 Å². The highest BCUT2D eigenvalue weighted by Crippen LogP contribution is 2.43. The van der Waals surface area contributed by atoms with Crippen molar-refractivity contribution in [2.45, 2.75) is 33.2 Å². The van der Waals surface area contributed by atoms with Crippen LogP contribution in [0.3, 0.4) is 0 Å². The molecule has 1 N–H and O–H groups in total. The van der Waals surface area contributed by atoms with Gasteiger partial charge in [0.1, 0.15) is 16.5 Å². The number of nitrogens with zero attached hydrogens (tertiary/aromatic N) is 3. The largest absolute Gasteiger partial charge is 0.507 e. The number of carbonyl (C=O) groups excluding carboxylic acids is 2. The summed E-state index contributed by atoms with van der Waals surface area (Å²) in [7, 11) is 0. The van der Waals surface area contributed by atoms with Crippen LogP contribution in [0.2, 0.25) is 5.02 Å². The number of halogens is 1. The Labute approximate surface area is 206 Å². The van der Waals surface area contributed by atoms with Gasteiger partial charge < -0.3 is 9.84 Å². The molecule has 1 amide bonds. The van der Waals surface area contributed by atoms with Crippen molar-refractivity contribution in [3.8, 4) is 5.75 Å². The second kappa shape index (κ2) is 9.95. The summed E-state index contributed by atoms with van der Waals surface area (Å²) >= 11 is 7.18. The second-order valence-corrected chi connectivity index (χ2v) is 9.98. The SMILES string of the molecule is Cc1nnc(N2C(=O)C(=O)/C(=C(/O)c3ccc(Cl)cc3)C2c2cccc(OCCC(C)C)c2)s1. The molecule has 0 aliphatic carbocycles. The van der Waals surface area contributed by atoms with E-state index < -0.39 is 17.7 Å². The summed E-state index contributed by atoms with van der Waals surface area (Å²) in [6.45, 7) is 6.55. The number of aliphatic hydroxyl groups excluding tert-OH is 1. The molecule has 1 atom stereocenters. The minimum absolute atomic E-state index is 0.0282. The van der Waals surface area contributed by atoms with E-state index in [9.17, 15) is 14.7 Å². The van der Waals surface area contributed by atoms with E-state index in [2.05, 4.69) is 24.0 Å². The minimum Gasteiger partial charge on any atom is -0.507 e. The first kappa shape index (κ1) is 23.9. The van der Waals surface area contributed by atoms with Crippen LogP contribution in [0.1, 0.15) is 42.4 Å². The molecule has 2 aromatic carbocycles. The monoisotopic (exact) mass is 497 g/mol. The van der Waals surface area contributed by atoms with Crippen molar-refractivity contribution in [1.82, 2.24) is 10.2 Å². The van der Waals surface area contributed by atoms with Crippen molar-refractivity contribution in [3.05, 3.63) is 75.3 Å². The van der Waals surface area contributed by atoms with E-state index in [1.54, 1.807) is 49.4 Å². The molecule has 3 aromatic rings. The molecule has 34 heavy (non-hydrogen) atoms. The Hall–Kier alpha value is -3.23. The molecule has 4 rings (SSSR count). The first-order valence-corrected chi connectivity index (χ1v) is 12.1. The Balaban J connectivity index is 1.83. The molecule has 1 unspecified atom stereocenters. The van der Waals surface area contributed by atoms with Gasteiger partial charge in [0.25, 0.3) is 5.78 Å². The molecule has 0 saturated carbocycles. The predicted molar refractivity (Wildman–Crippen MR) is 132 cm³/mol. The van der Waals surface area contributed by atoms with E-state index in [1.165, 1.54) is 16.2 Å². The van der Waals surface area contributed by atoms with E-state index >= 15 is 0 Å². The first-order chi connectivity index (χ1) is 16.3. The van der Waals surface area contributed by atoms with Crippen molar-refractivity contribution >= 4 is 45.5 Å². The number of amides is 1. The van der Waals surface area contributed by atoms with Gasteiger partial charge in [0.05, 0.1) is 18.2 Å². The van der Waals surface area contributed by atoms with Gasteiger partial charge in [-0.15, -0.1) is 10.2 Å². The lowest BCUT2D eigenvalue weighted by Crippen LogP contribution is -2.29.